The first kappa shape index (κ1) is 16.3. The molecule has 0 radical (unpaired) electrons. The van der Waals surface area contributed by atoms with Crippen molar-refractivity contribution in [2.75, 3.05) is 0 Å². The number of benzene rings is 1. The molecule has 3 aromatic heterocycles. The van der Waals surface area contributed by atoms with Crippen molar-refractivity contribution in [1.29, 1.82) is 0 Å². The molecule has 0 spiro atoms. The van der Waals surface area contributed by atoms with E-state index in [9.17, 15) is 14.9 Å². The maximum Gasteiger partial charge on any atom is 0.291 e. The average molecular weight is 382 g/mol. The molecule has 7 nitrogen and oxygen atoms in total. The van der Waals surface area contributed by atoms with Gasteiger partial charge in [0.05, 0.1) is 15.0 Å². The van der Waals surface area contributed by atoms with Crippen LogP contribution in [0.2, 0.25) is 0 Å². The summed E-state index contributed by atoms with van der Waals surface area (Å²) >= 11 is 2.74. The van der Waals surface area contributed by atoms with E-state index in [1.165, 1.54) is 16.7 Å². The lowest BCUT2D eigenvalue weighted by atomic mass is 10.2. The smallest absolute Gasteiger partial charge is 0.266 e. The number of nitro groups is 1. The minimum absolute atomic E-state index is 0.0505. The molecular formula is C17H10N4O3S2. The molecular weight excluding hydrogens is 372 g/mol. The zero-order valence-electron chi connectivity index (χ0n) is 13.1. The predicted molar refractivity (Wildman–Crippen MR) is 102 cm³/mol. The van der Waals surface area contributed by atoms with Crippen LogP contribution in [0.25, 0.3) is 23.2 Å². The first-order valence-corrected chi connectivity index (χ1v) is 9.18. The number of nitro benzene ring substituents is 1. The highest BCUT2D eigenvalue weighted by Gasteiger charge is 2.13. The van der Waals surface area contributed by atoms with E-state index >= 15 is 0 Å². The number of rotatable bonds is 4. The molecule has 0 amide bonds. The van der Waals surface area contributed by atoms with Gasteiger partial charge in [0.25, 0.3) is 11.2 Å². The van der Waals surface area contributed by atoms with E-state index in [-0.39, 0.29) is 11.2 Å². The third kappa shape index (κ3) is 3.05. The maximum atomic E-state index is 12.5. The summed E-state index contributed by atoms with van der Waals surface area (Å²) in [6, 6.07) is 10.2. The van der Waals surface area contributed by atoms with Crippen LogP contribution in [0.15, 0.2) is 46.6 Å². The van der Waals surface area contributed by atoms with E-state index in [4.69, 9.17) is 0 Å². The fraction of sp³-hybridized carbons (Fsp3) is 0. The zero-order valence-corrected chi connectivity index (χ0v) is 14.7. The fourth-order valence-electron chi connectivity index (χ4n) is 2.38. The standard InChI is InChI=1S/C17H10N4O3S2/c22-16-14(10-11-4-1-2-6-13(11)21(23)24)26-17-18-15(19-20(16)17)8-7-12-5-3-9-25-12/h1-10H/b8-7+,14-10-. The van der Waals surface area contributed by atoms with Crippen LogP contribution < -0.4 is 10.1 Å². The molecule has 0 aliphatic carbocycles. The Hall–Kier alpha value is -3.17. The molecule has 4 rings (SSSR count). The third-order valence-corrected chi connectivity index (χ3v) is 5.35. The molecule has 0 atom stereocenters. The summed E-state index contributed by atoms with van der Waals surface area (Å²) in [5.74, 6) is 0.444. The fourth-order valence-corrected chi connectivity index (χ4v) is 3.90. The molecule has 0 fully saturated rings. The summed E-state index contributed by atoms with van der Waals surface area (Å²) in [6.07, 6.45) is 5.13. The minimum Gasteiger partial charge on any atom is -0.266 e. The molecule has 0 aliphatic rings. The van der Waals surface area contributed by atoms with Crippen LogP contribution in [0.5, 0.6) is 0 Å². The number of nitrogens with zero attached hydrogens (tertiary/aromatic N) is 4. The van der Waals surface area contributed by atoms with Crippen molar-refractivity contribution in [3.05, 3.63) is 83.0 Å². The topological polar surface area (TPSA) is 90.4 Å². The van der Waals surface area contributed by atoms with Crippen molar-refractivity contribution in [3.63, 3.8) is 0 Å². The van der Waals surface area contributed by atoms with Crippen LogP contribution in [0.3, 0.4) is 0 Å². The van der Waals surface area contributed by atoms with Gasteiger partial charge in [-0.15, -0.1) is 16.4 Å². The summed E-state index contributed by atoms with van der Waals surface area (Å²) in [4.78, 5) is 29.0. The highest BCUT2D eigenvalue weighted by Crippen LogP contribution is 2.18. The predicted octanol–water partition coefficient (Wildman–Crippen LogP) is 2.84. The highest BCUT2D eigenvalue weighted by atomic mass is 32.1. The number of hydrogen-bond donors (Lipinski definition) is 0. The van der Waals surface area contributed by atoms with Gasteiger partial charge in [-0.25, -0.2) is 0 Å². The van der Waals surface area contributed by atoms with Crippen LogP contribution >= 0.6 is 22.7 Å². The van der Waals surface area contributed by atoms with Crippen molar-refractivity contribution >= 4 is 51.5 Å². The van der Waals surface area contributed by atoms with Crippen LogP contribution in [0.4, 0.5) is 5.69 Å². The number of fused-ring (bicyclic) bond motifs is 1. The molecule has 0 saturated heterocycles. The van der Waals surface area contributed by atoms with Crippen molar-refractivity contribution in [2.24, 2.45) is 0 Å². The SMILES string of the molecule is O=c1/c(=C/c2ccccc2[N+](=O)[O-])sc2nc(/C=C/c3cccs3)nn12. The van der Waals surface area contributed by atoms with Gasteiger partial charge >= 0.3 is 0 Å². The lowest BCUT2D eigenvalue weighted by Crippen LogP contribution is -2.23. The normalized spacial score (nSPS) is 12.4. The van der Waals surface area contributed by atoms with Gasteiger partial charge in [0.1, 0.15) is 0 Å². The molecule has 0 aliphatic heterocycles. The molecule has 1 aromatic carbocycles. The number of thiazole rings is 1. The van der Waals surface area contributed by atoms with Crippen molar-refractivity contribution in [2.45, 2.75) is 0 Å². The van der Waals surface area contributed by atoms with Crippen molar-refractivity contribution in [3.8, 4) is 0 Å². The molecule has 9 heteroatoms. The van der Waals surface area contributed by atoms with Crippen LogP contribution in [0.1, 0.15) is 16.3 Å². The first-order valence-electron chi connectivity index (χ1n) is 7.48. The molecule has 0 N–H and O–H groups in total. The van der Waals surface area contributed by atoms with E-state index in [1.807, 2.05) is 23.6 Å². The van der Waals surface area contributed by atoms with Gasteiger partial charge in [0, 0.05) is 10.9 Å². The van der Waals surface area contributed by atoms with Crippen molar-refractivity contribution < 1.29 is 4.92 Å². The summed E-state index contributed by atoms with van der Waals surface area (Å²) in [5.41, 5.74) is -0.0196. The molecule has 3 heterocycles. The van der Waals surface area contributed by atoms with E-state index < -0.39 is 4.92 Å². The molecule has 26 heavy (non-hydrogen) atoms. The van der Waals surface area contributed by atoms with Gasteiger partial charge in [0.15, 0.2) is 5.82 Å². The average Bonchev–Trinajstić information content (AvgIpc) is 3.33. The lowest BCUT2D eigenvalue weighted by molar-refractivity contribution is -0.385. The van der Waals surface area contributed by atoms with Gasteiger partial charge in [-0.2, -0.15) is 9.50 Å². The monoisotopic (exact) mass is 382 g/mol. The minimum atomic E-state index is -0.471. The van der Waals surface area contributed by atoms with E-state index in [2.05, 4.69) is 10.1 Å². The Balaban J connectivity index is 1.75. The Labute approximate surface area is 154 Å². The second-order valence-electron chi connectivity index (χ2n) is 5.24. The molecule has 0 saturated carbocycles. The number of aromatic nitrogens is 3. The van der Waals surface area contributed by atoms with E-state index in [0.29, 0.717) is 20.9 Å². The van der Waals surface area contributed by atoms with Crippen LogP contribution in [-0.4, -0.2) is 19.5 Å². The Kier molecular flexibility index (Phi) is 4.15. The van der Waals surface area contributed by atoms with Crippen LogP contribution in [-0.2, 0) is 0 Å². The highest BCUT2D eigenvalue weighted by molar-refractivity contribution is 7.15. The third-order valence-electron chi connectivity index (χ3n) is 3.56. The summed E-state index contributed by atoms with van der Waals surface area (Å²) < 4.78 is 1.57. The molecule has 4 aromatic rings. The quantitative estimate of drug-likeness (QED) is 0.400. The van der Waals surface area contributed by atoms with Crippen LogP contribution in [0, 0.1) is 10.1 Å². The van der Waals surface area contributed by atoms with Gasteiger partial charge in [-0.1, -0.05) is 29.5 Å². The number of hydrogen-bond acceptors (Lipinski definition) is 7. The summed E-state index contributed by atoms with van der Waals surface area (Å²) in [6.45, 7) is 0. The Morgan fingerprint density at radius 2 is 2.00 bits per heavy atom. The van der Waals surface area contributed by atoms with Gasteiger partial charge in [-0.3, -0.25) is 14.9 Å². The first-order chi connectivity index (χ1) is 12.6. The van der Waals surface area contributed by atoms with Gasteiger partial charge in [0.2, 0.25) is 4.96 Å². The van der Waals surface area contributed by atoms with Crippen molar-refractivity contribution in [1.82, 2.24) is 14.6 Å². The second-order valence-corrected chi connectivity index (χ2v) is 7.23. The molecule has 0 bridgehead atoms. The summed E-state index contributed by atoms with van der Waals surface area (Å²) in [7, 11) is 0. The Morgan fingerprint density at radius 1 is 1.15 bits per heavy atom. The number of para-hydroxylation sites is 1. The molecule has 0 unspecified atom stereocenters. The molecule has 128 valence electrons. The maximum absolute atomic E-state index is 12.5. The van der Waals surface area contributed by atoms with E-state index in [1.54, 1.807) is 35.6 Å². The summed E-state index contributed by atoms with van der Waals surface area (Å²) in [5, 5.41) is 17.3. The Bertz CT molecular complexity index is 1240. The lowest BCUT2D eigenvalue weighted by Gasteiger charge is -1.94. The second kappa shape index (κ2) is 6.62. The van der Waals surface area contributed by atoms with E-state index in [0.717, 1.165) is 16.2 Å². The number of thiophene rings is 1. The Morgan fingerprint density at radius 3 is 2.73 bits per heavy atom. The van der Waals surface area contributed by atoms with Gasteiger partial charge < -0.3 is 0 Å². The largest absolute Gasteiger partial charge is 0.291 e. The van der Waals surface area contributed by atoms with Gasteiger partial charge in [-0.05, 0) is 35.7 Å². The zero-order chi connectivity index (χ0) is 18.1.